The van der Waals surface area contributed by atoms with Gasteiger partial charge >= 0.3 is 6.09 Å². The Morgan fingerprint density at radius 1 is 1.10 bits per heavy atom. The van der Waals surface area contributed by atoms with Gasteiger partial charge in [-0.3, -0.25) is 0 Å². The summed E-state index contributed by atoms with van der Waals surface area (Å²) in [5.74, 6) is 3.79. The lowest BCUT2D eigenvalue weighted by Gasteiger charge is -2.24. The van der Waals surface area contributed by atoms with Crippen molar-refractivity contribution in [2.24, 2.45) is 0 Å². The monoisotopic (exact) mass is 567 g/mol. The molecule has 0 fully saturated rings. The summed E-state index contributed by atoms with van der Waals surface area (Å²) < 4.78 is 16.9. The molecule has 0 saturated carbocycles. The molecule has 0 bridgehead atoms. The summed E-state index contributed by atoms with van der Waals surface area (Å²) in [6.07, 6.45) is 6.82. The highest BCUT2D eigenvalue weighted by atomic mass is 32.2. The van der Waals surface area contributed by atoms with E-state index in [9.17, 15) is 4.79 Å². The van der Waals surface area contributed by atoms with Gasteiger partial charge in [0.15, 0.2) is 5.75 Å². The third-order valence-corrected chi connectivity index (χ3v) is 6.73. The summed E-state index contributed by atoms with van der Waals surface area (Å²) in [6.45, 7) is 8.26. The molecule has 0 aliphatic carbocycles. The van der Waals surface area contributed by atoms with Crippen molar-refractivity contribution in [2.75, 3.05) is 62.5 Å². The van der Waals surface area contributed by atoms with Crippen LogP contribution in [0.3, 0.4) is 0 Å². The third-order valence-electron chi connectivity index (χ3n) is 5.99. The fourth-order valence-electron chi connectivity index (χ4n) is 4.03. The topological polar surface area (TPSA) is 124 Å². The second kappa shape index (κ2) is 13.5. The molecule has 0 saturated heterocycles. The molecule has 1 amide bonds. The van der Waals surface area contributed by atoms with E-state index in [0.717, 1.165) is 34.1 Å². The van der Waals surface area contributed by atoms with Crippen molar-refractivity contribution in [1.82, 2.24) is 24.8 Å². The van der Waals surface area contributed by atoms with Crippen LogP contribution in [-0.4, -0.2) is 88.4 Å². The largest absolute Gasteiger partial charge is 0.484 e. The van der Waals surface area contributed by atoms with Crippen molar-refractivity contribution in [3.63, 3.8) is 0 Å². The van der Waals surface area contributed by atoms with Gasteiger partial charge in [-0.05, 0) is 45.2 Å². The van der Waals surface area contributed by atoms with Crippen molar-refractivity contribution >= 4 is 29.5 Å². The predicted octanol–water partition coefficient (Wildman–Crippen LogP) is 4.54. The average Bonchev–Trinajstić information content (AvgIpc) is 2.94. The van der Waals surface area contributed by atoms with E-state index in [4.69, 9.17) is 14.2 Å². The van der Waals surface area contributed by atoms with Crippen LogP contribution in [0.15, 0.2) is 43.0 Å². The van der Waals surface area contributed by atoms with Crippen molar-refractivity contribution in [1.29, 1.82) is 0 Å². The summed E-state index contributed by atoms with van der Waals surface area (Å²) >= 11 is 1.77. The lowest BCUT2D eigenvalue weighted by atomic mass is 10.0. The zero-order chi connectivity index (χ0) is 28.5. The van der Waals surface area contributed by atoms with Gasteiger partial charge in [-0.15, -0.1) is 0 Å². The Morgan fingerprint density at radius 2 is 1.93 bits per heavy atom. The van der Waals surface area contributed by atoms with Gasteiger partial charge in [-0.2, -0.15) is 11.8 Å². The molecule has 0 spiro atoms. The van der Waals surface area contributed by atoms with E-state index in [0.29, 0.717) is 44.5 Å². The first kappa shape index (κ1) is 29.2. The van der Waals surface area contributed by atoms with Crippen LogP contribution in [0.4, 0.5) is 16.4 Å². The fraction of sp³-hybridized carbons (Fsp3) is 0.464. The summed E-state index contributed by atoms with van der Waals surface area (Å²) in [5.41, 5.74) is 2.19. The lowest BCUT2D eigenvalue weighted by Crippen LogP contribution is -2.36. The molecule has 2 N–H and O–H groups in total. The highest BCUT2D eigenvalue weighted by Gasteiger charge is 2.23. The molecule has 3 aromatic rings. The quantitative estimate of drug-likeness (QED) is 0.339. The summed E-state index contributed by atoms with van der Waals surface area (Å²) in [4.78, 5) is 31.3. The molecular weight excluding hydrogens is 530 g/mol. The van der Waals surface area contributed by atoms with Crippen LogP contribution in [0, 0.1) is 0 Å². The molecular formula is C28H37N7O4S. The van der Waals surface area contributed by atoms with Gasteiger partial charge in [0, 0.05) is 67.9 Å². The first-order chi connectivity index (χ1) is 19.2. The smallest absolute Gasteiger partial charge is 0.410 e. The number of anilines is 2. The van der Waals surface area contributed by atoms with E-state index in [1.165, 1.54) is 4.90 Å². The van der Waals surface area contributed by atoms with E-state index >= 15 is 0 Å². The molecule has 40 heavy (non-hydrogen) atoms. The van der Waals surface area contributed by atoms with Crippen LogP contribution in [0.5, 0.6) is 11.6 Å². The van der Waals surface area contributed by atoms with E-state index in [1.54, 1.807) is 37.5 Å². The minimum absolute atomic E-state index is 0.174. The maximum atomic E-state index is 12.1. The number of carbonyl (C=O) groups is 1. The summed E-state index contributed by atoms with van der Waals surface area (Å²) in [7, 11) is 1.71. The van der Waals surface area contributed by atoms with Gasteiger partial charge in [-0.25, -0.2) is 24.7 Å². The zero-order valence-electron chi connectivity index (χ0n) is 23.6. The van der Waals surface area contributed by atoms with Crippen molar-refractivity contribution in [3.8, 4) is 22.9 Å². The van der Waals surface area contributed by atoms with Gasteiger partial charge in [0.05, 0.1) is 5.69 Å². The van der Waals surface area contributed by atoms with E-state index < -0.39 is 5.60 Å². The maximum Gasteiger partial charge on any atom is 0.410 e. The van der Waals surface area contributed by atoms with Crippen LogP contribution >= 0.6 is 11.8 Å². The van der Waals surface area contributed by atoms with Crippen LogP contribution in [-0.2, 0) is 4.74 Å². The molecule has 0 aromatic carbocycles. The molecule has 11 nitrogen and oxygen atoms in total. The number of nitrogens with zero attached hydrogens (tertiary/aromatic N) is 5. The highest BCUT2D eigenvalue weighted by Crippen LogP contribution is 2.37. The highest BCUT2D eigenvalue weighted by molar-refractivity contribution is 7.98. The SMILES string of the molecule is CSCC(CNc1cc(-c2ccc(NCCN(C)C(=O)OC(C)(C)C)nc2)ncn1)c1ccnc2c1OCCO2. The number of hydrogen-bond acceptors (Lipinski definition) is 11. The number of thioether (sulfide) groups is 1. The standard InChI is InChI=1S/C28H37N7O4S/c1-28(2,3)39-27(36)35(4)11-10-29-23-7-6-19(15-31-23)22-14-24(34-18-33-22)32-16-20(17-40-5)21-8-9-30-26-25(21)37-12-13-38-26/h6-9,14-15,18,20H,10-13,16-17H2,1-5H3,(H,29,31)(H,32,33,34). The molecule has 0 radical (unpaired) electrons. The minimum atomic E-state index is -0.522. The molecule has 1 atom stereocenters. The van der Waals surface area contributed by atoms with Gasteiger partial charge < -0.3 is 29.7 Å². The average molecular weight is 568 g/mol. The Bertz CT molecular complexity index is 1270. The van der Waals surface area contributed by atoms with Crippen LogP contribution in [0.25, 0.3) is 11.3 Å². The van der Waals surface area contributed by atoms with Crippen molar-refractivity contribution < 1.29 is 19.0 Å². The summed E-state index contributed by atoms with van der Waals surface area (Å²) in [5, 5.41) is 6.70. The van der Waals surface area contributed by atoms with Crippen LogP contribution < -0.4 is 20.1 Å². The normalized spacial score (nSPS) is 13.3. The molecule has 1 unspecified atom stereocenters. The second-order valence-corrected chi connectivity index (χ2v) is 11.2. The Balaban J connectivity index is 1.34. The second-order valence-electron chi connectivity index (χ2n) is 10.3. The number of amides is 1. The maximum absolute atomic E-state index is 12.1. The van der Waals surface area contributed by atoms with E-state index in [-0.39, 0.29) is 12.0 Å². The number of rotatable bonds is 11. The van der Waals surface area contributed by atoms with Gasteiger partial charge in [0.1, 0.15) is 36.8 Å². The first-order valence-electron chi connectivity index (χ1n) is 13.2. The van der Waals surface area contributed by atoms with Crippen LogP contribution in [0.2, 0.25) is 0 Å². The Kier molecular flexibility index (Phi) is 9.86. The Morgan fingerprint density at radius 3 is 2.67 bits per heavy atom. The number of nitrogens with one attached hydrogen (secondary N) is 2. The zero-order valence-corrected chi connectivity index (χ0v) is 24.5. The number of ether oxygens (including phenoxy) is 3. The molecule has 3 aromatic heterocycles. The van der Waals surface area contributed by atoms with Gasteiger partial charge in [0.2, 0.25) is 0 Å². The first-order valence-corrected chi connectivity index (χ1v) is 14.6. The molecule has 1 aliphatic rings. The molecule has 214 valence electrons. The fourth-order valence-corrected chi connectivity index (χ4v) is 4.73. The number of pyridine rings is 2. The van der Waals surface area contributed by atoms with Gasteiger partial charge in [-0.1, -0.05) is 0 Å². The van der Waals surface area contributed by atoms with Crippen molar-refractivity contribution in [3.05, 3.63) is 48.5 Å². The molecule has 4 rings (SSSR count). The number of fused-ring (bicyclic) bond motifs is 1. The number of hydrogen-bond donors (Lipinski definition) is 2. The van der Waals surface area contributed by atoms with Crippen LogP contribution in [0.1, 0.15) is 32.3 Å². The molecule has 12 heteroatoms. The van der Waals surface area contributed by atoms with Gasteiger partial charge in [0.25, 0.3) is 5.88 Å². The number of carbonyl (C=O) groups excluding carboxylic acids is 1. The number of likely N-dealkylation sites (N-methyl/N-ethyl adjacent to an activating group) is 1. The van der Waals surface area contributed by atoms with E-state index in [2.05, 4.69) is 36.8 Å². The summed E-state index contributed by atoms with van der Waals surface area (Å²) in [6, 6.07) is 7.76. The molecule has 1 aliphatic heterocycles. The Labute approximate surface area is 239 Å². The van der Waals surface area contributed by atoms with E-state index in [1.807, 2.05) is 45.0 Å². The van der Waals surface area contributed by atoms with Crippen molar-refractivity contribution in [2.45, 2.75) is 32.3 Å². The lowest BCUT2D eigenvalue weighted by molar-refractivity contribution is 0.0305. The Hall–Kier alpha value is -3.80. The third kappa shape index (κ3) is 8.10. The number of aromatic nitrogens is 4. The predicted molar refractivity (Wildman–Crippen MR) is 157 cm³/mol. The minimum Gasteiger partial charge on any atom is -0.484 e. The molecule has 4 heterocycles.